The zero-order chi connectivity index (χ0) is 14.1. The van der Waals surface area contributed by atoms with Gasteiger partial charge >= 0.3 is 0 Å². The van der Waals surface area contributed by atoms with Gasteiger partial charge in [0.1, 0.15) is 0 Å². The van der Waals surface area contributed by atoms with Crippen LogP contribution in [-0.4, -0.2) is 32.0 Å². The summed E-state index contributed by atoms with van der Waals surface area (Å²) in [6.07, 6.45) is 8.36. The maximum Gasteiger partial charge on any atom is 0.0813 e. The molecule has 0 amide bonds. The van der Waals surface area contributed by atoms with Crippen molar-refractivity contribution < 1.29 is 9.47 Å². The first-order valence-corrected chi connectivity index (χ1v) is 7.75. The Morgan fingerprint density at radius 1 is 1.37 bits per heavy atom. The molecule has 0 bridgehead atoms. The molecular formula is C15H32N2O2. The molecule has 0 radical (unpaired) electrons. The zero-order valence-electron chi connectivity index (χ0n) is 12.9. The van der Waals surface area contributed by atoms with Gasteiger partial charge in [-0.1, -0.05) is 26.2 Å². The number of hydrogen-bond donors (Lipinski definition) is 2. The highest BCUT2D eigenvalue weighted by atomic mass is 16.5. The van der Waals surface area contributed by atoms with E-state index in [2.05, 4.69) is 19.3 Å². The van der Waals surface area contributed by atoms with E-state index in [1.165, 1.54) is 32.1 Å². The maximum atomic E-state index is 5.69. The molecule has 3 N–H and O–H groups in total. The van der Waals surface area contributed by atoms with Crippen LogP contribution in [0.5, 0.6) is 0 Å². The van der Waals surface area contributed by atoms with Crippen LogP contribution in [-0.2, 0) is 9.47 Å². The summed E-state index contributed by atoms with van der Waals surface area (Å²) in [7, 11) is 1.77. The van der Waals surface area contributed by atoms with Crippen LogP contribution in [0.25, 0.3) is 0 Å². The molecule has 114 valence electrons. The Kier molecular flexibility index (Phi) is 7.91. The van der Waals surface area contributed by atoms with Gasteiger partial charge in [-0.15, -0.1) is 0 Å². The molecule has 0 spiro atoms. The maximum absolute atomic E-state index is 5.69. The van der Waals surface area contributed by atoms with Crippen molar-refractivity contribution >= 4 is 0 Å². The van der Waals surface area contributed by atoms with Gasteiger partial charge in [0.2, 0.25) is 0 Å². The van der Waals surface area contributed by atoms with Gasteiger partial charge in [0.05, 0.1) is 5.60 Å². The number of nitrogens with two attached hydrogens (primary N) is 1. The molecule has 4 heteroatoms. The van der Waals surface area contributed by atoms with Gasteiger partial charge in [-0.05, 0) is 38.5 Å². The Balaban J connectivity index is 2.21. The fourth-order valence-electron chi connectivity index (χ4n) is 2.91. The molecule has 2 unspecified atom stereocenters. The third kappa shape index (κ3) is 5.38. The summed E-state index contributed by atoms with van der Waals surface area (Å²) in [5.74, 6) is 6.56. The monoisotopic (exact) mass is 272 g/mol. The molecule has 19 heavy (non-hydrogen) atoms. The van der Waals surface area contributed by atoms with Gasteiger partial charge in [0.15, 0.2) is 0 Å². The Morgan fingerprint density at radius 3 is 2.58 bits per heavy atom. The molecule has 0 aromatic carbocycles. The van der Waals surface area contributed by atoms with Crippen molar-refractivity contribution in [2.24, 2.45) is 11.8 Å². The lowest BCUT2D eigenvalue weighted by Crippen LogP contribution is -2.52. The Labute approximate surface area is 118 Å². The molecular weight excluding hydrogens is 240 g/mol. The van der Waals surface area contributed by atoms with E-state index in [4.69, 9.17) is 15.3 Å². The number of nitrogens with one attached hydrogen (secondary N) is 1. The molecule has 1 saturated heterocycles. The standard InChI is InChI=1S/C15H32N2O2/c1-4-15(2,18-3)14(17-16)8-6-5-7-13-9-11-19-12-10-13/h13-14,17H,4-12,16H2,1-3H3. The average molecular weight is 272 g/mol. The van der Waals surface area contributed by atoms with E-state index in [9.17, 15) is 0 Å². The zero-order valence-corrected chi connectivity index (χ0v) is 12.9. The van der Waals surface area contributed by atoms with Crippen LogP contribution in [0.4, 0.5) is 0 Å². The van der Waals surface area contributed by atoms with E-state index in [1.807, 2.05) is 0 Å². The van der Waals surface area contributed by atoms with Crippen LogP contribution >= 0.6 is 0 Å². The van der Waals surface area contributed by atoms with Crippen molar-refractivity contribution in [3.63, 3.8) is 0 Å². The fraction of sp³-hybridized carbons (Fsp3) is 1.00. The molecule has 0 aromatic heterocycles. The fourth-order valence-corrected chi connectivity index (χ4v) is 2.91. The average Bonchev–Trinajstić information content (AvgIpc) is 2.47. The van der Waals surface area contributed by atoms with Gasteiger partial charge in [-0.3, -0.25) is 11.3 Å². The first-order valence-electron chi connectivity index (χ1n) is 7.75. The van der Waals surface area contributed by atoms with Crippen molar-refractivity contribution in [1.82, 2.24) is 5.43 Å². The number of ether oxygens (including phenoxy) is 2. The van der Waals surface area contributed by atoms with Crippen molar-refractivity contribution in [1.29, 1.82) is 0 Å². The molecule has 0 saturated carbocycles. The molecule has 1 fully saturated rings. The van der Waals surface area contributed by atoms with Gasteiger partial charge in [0.25, 0.3) is 0 Å². The first kappa shape index (κ1) is 16.9. The third-order valence-electron chi connectivity index (χ3n) is 4.80. The predicted octanol–water partition coefficient (Wildman–Crippen LogP) is 2.62. The molecule has 2 atom stereocenters. The Morgan fingerprint density at radius 2 is 2.05 bits per heavy atom. The largest absolute Gasteiger partial charge is 0.381 e. The van der Waals surface area contributed by atoms with Gasteiger partial charge in [-0.25, -0.2) is 0 Å². The molecule has 4 nitrogen and oxygen atoms in total. The second-order valence-electron chi connectivity index (χ2n) is 5.93. The molecule has 1 aliphatic heterocycles. The number of rotatable bonds is 9. The highest BCUT2D eigenvalue weighted by Gasteiger charge is 2.31. The number of methoxy groups -OCH3 is 1. The van der Waals surface area contributed by atoms with E-state index in [1.54, 1.807) is 7.11 Å². The van der Waals surface area contributed by atoms with E-state index >= 15 is 0 Å². The van der Waals surface area contributed by atoms with Crippen LogP contribution in [0.1, 0.15) is 58.8 Å². The van der Waals surface area contributed by atoms with Crippen LogP contribution in [0, 0.1) is 5.92 Å². The molecule has 0 aliphatic carbocycles. The highest BCUT2D eigenvalue weighted by molar-refractivity contribution is 4.86. The Hall–Kier alpha value is -0.160. The lowest BCUT2D eigenvalue weighted by Gasteiger charge is -2.35. The van der Waals surface area contributed by atoms with E-state index in [0.29, 0.717) is 0 Å². The quantitative estimate of drug-likeness (QED) is 0.385. The van der Waals surface area contributed by atoms with Crippen LogP contribution < -0.4 is 11.3 Å². The topological polar surface area (TPSA) is 56.5 Å². The highest BCUT2D eigenvalue weighted by Crippen LogP contribution is 2.25. The van der Waals surface area contributed by atoms with Crippen LogP contribution in [0.15, 0.2) is 0 Å². The second-order valence-corrected chi connectivity index (χ2v) is 5.93. The summed E-state index contributed by atoms with van der Waals surface area (Å²) >= 11 is 0. The SMILES string of the molecule is CCC(C)(OC)C(CCCCC1CCOCC1)NN. The van der Waals surface area contributed by atoms with Gasteiger partial charge in [-0.2, -0.15) is 0 Å². The minimum absolute atomic E-state index is 0.159. The van der Waals surface area contributed by atoms with Crippen LogP contribution in [0.3, 0.4) is 0 Å². The number of hydrogen-bond acceptors (Lipinski definition) is 4. The lowest BCUT2D eigenvalue weighted by atomic mass is 9.88. The predicted molar refractivity (Wildman–Crippen MR) is 78.8 cm³/mol. The number of unbranched alkanes of at least 4 members (excludes halogenated alkanes) is 1. The summed E-state index contributed by atoms with van der Waals surface area (Å²) in [5, 5.41) is 0. The molecule has 1 rings (SSSR count). The summed E-state index contributed by atoms with van der Waals surface area (Å²) in [6.45, 7) is 6.19. The minimum Gasteiger partial charge on any atom is -0.381 e. The van der Waals surface area contributed by atoms with Gasteiger partial charge < -0.3 is 9.47 Å². The smallest absolute Gasteiger partial charge is 0.0813 e. The molecule has 1 aliphatic rings. The Bertz CT molecular complexity index is 226. The van der Waals surface area contributed by atoms with Crippen molar-refractivity contribution in [2.75, 3.05) is 20.3 Å². The van der Waals surface area contributed by atoms with E-state index in [-0.39, 0.29) is 11.6 Å². The van der Waals surface area contributed by atoms with E-state index in [0.717, 1.165) is 32.0 Å². The van der Waals surface area contributed by atoms with Crippen molar-refractivity contribution in [2.45, 2.75) is 70.4 Å². The summed E-state index contributed by atoms with van der Waals surface area (Å²) in [5.41, 5.74) is 2.78. The lowest BCUT2D eigenvalue weighted by molar-refractivity contribution is -0.0318. The number of hydrazine groups is 1. The second kappa shape index (κ2) is 8.90. The van der Waals surface area contributed by atoms with Crippen molar-refractivity contribution in [3.8, 4) is 0 Å². The van der Waals surface area contributed by atoms with Crippen LogP contribution in [0.2, 0.25) is 0 Å². The van der Waals surface area contributed by atoms with Gasteiger partial charge in [0, 0.05) is 26.4 Å². The van der Waals surface area contributed by atoms with E-state index < -0.39 is 0 Å². The van der Waals surface area contributed by atoms with Crippen molar-refractivity contribution in [3.05, 3.63) is 0 Å². The summed E-state index contributed by atoms with van der Waals surface area (Å²) < 4.78 is 11.0. The summed E-state index contributed by atoms with van der Waals surface area (Å²) in [6, 6.07) is 0.234. The first-order chi connectivity index (χ1) is 9.16. The minimum atomic E-state index is -0.159. The molecule has 0 aromatic rings. The normalized spacial score (nSPS) is 22.1. The third-order valence-corrected chi connectivity index (χ3v) is 4.80. The summed E-state index contributed by atoms with van der Waals surface area (Å²) in [4.78, 5) is 0. The molecule has 1 heterocycles.